The van der Waals surface area contributed by atoms with Crippen LogP contribution in [0.4, 0.5) is 5.69 Å². The van der Waals surface area contributed by atoms with Gasteiger partial charge in [-0.2, -0.15) is 0 Å². The van der Waals surface area contributed by atoms with Crippen LogP contribution in [0.2, 0.25) is 10.0 Å². The van der Waals surface area contributed by atoms with Crippen LogP contribution in [0, 0.1) is 17.0 Å². The van der Waals surface area contributed by atoms with Gasteiger partial charge in [-0.25, -0.2) is 0 Å². The van der Waals surface area contributed by atoms with E-state index < -0.39 is 16.2 Å². The zero-order valence-electron chi connectivity index (χ0n) is 14.1. The van der Waals surface area contributed by atoms with Crippen LogP contribution in [-0.4, -0.2) is 17.4 Å². The molecule has 0 saturated heterocycles. The van der Waals surface area contributed by atoms with E-state index in [4.69, 9.17) is 23.2 Å². The molecule has 0 unspecified atom stereocenters. The van der Waals surface area contributed by atoms with Crippen molar-refractivity contribution in [3.8, 4) is 0 Å². The van der Waals surface area contributed by atoms with E-state index in [0.29, 0.717) is 15.6 Å². The number of nitrogens with zero attached hydrogens (tertiary/aromatic N) is 1. The molecule has 0 aromatic heterocycles. The van der Waals surface area contributed by atoms with Crippen molar-refractivity contribution in [2.75, 3.05) is 6.54 Å². The molecule has 7 heteroatoms. The SMILES string of the molecule is Cc1cccc(C(=O)NCC(C)(C)c2ccc(Cl)c(Cl)c2)c1[N+](=O)[O-]. The van der Waals surface area contributed by atoms with Gasteiger partial charge in [0.25, 0.3) is 11.6 Å². The number of rotatable bonds is 5. The summed E-state index contributed by atoms with van der Waals surface area (Å²) in [5.74, 6) is -0.483. The first-order valence-corrected chi connectivity index (χ1v) is 8.37. The van der Waals surface area contributed by atoms with Gasteiger partial charge >= 0.3 is 0 Å². The van der Waals surface area contributed by atoms with Gasteiger partial charge in [-0.3, -0.25) is 14.9 Å². The van der Waals surface area contributed by atoms with E-state index in [2.05, 4.69) is 5.32 Å². The maximum absolute atomic E-state index is 12.5. The maximum atomic E-state index is 12.5. The number of hydrogen-bond acceptors (Lipinski definition) is 3. The number of amides is 1. The van der Waals surface area contributed by atoms with E-state index >= 15 is 0 Å². The summed E-state index contributed by atoms with van der Waals surface area (Å²) in [5.41, 5.74) is 0.798. The van der Waals surface area contributed by atoms with Crippen molar-refractivity contribution in [3.05, 3.63) is 73.2 Å². The van der Waals surface area contributed by atoms with E-state index in [-0.39, 0.29) is 17.8 Å². The molecule has 0 atom stereocenters. The fourth-order valence-corrected chi connectivity index (χ4v) is 2.80. The van der Waals surface area contributed by atoms with Gasteiger partial charge in [0.15, 0.2) is 0 Å². The van der Waals surface area contributed by atoms with Gasteiger partial charge in [-0.05, 0) is 30.7 Å². The number of hydrogen-bond donors (Lipinski definition) is 1. The highest BCUT2D eigenvalue weighted by Gasteiger charge is 2.26. The van der Waals surface area contributed by atoms with Gasteiger partial charge in [0, 0.05) is 17.5 Å². The molecule has 1 N–H and O–H groups in total. The number of aryl methyl sites for hydroxylation is 1. The molecule has 25 heavy (non-hydrogen) atoms. The van der Waals surface area contributed by atoms with Crippen molar-refractivity contribution in [2.45, 2.75) is 26.2 Å². The van der Waals surface area contributed by atoms with Crippen LogP contribution in [0.25, 0.3) is 0 Å². The molecule has 5 nitrogen and oxygen atoms in total. The standard InChI is InChI=1S/C18H18Cl2N2O3/c1-11-5-4-6-13(16(11)22(24)25)17(23)21-10-18(2,3)12-7-8-14(19)15(20)9-12/h4-9H,10H2,1-3H3,(H,21,23). The Morgan fingerprint density at radius 1 is 1.20 bits per heavy atom. The molecule has 0 heterocycles. The third-order valence-electron chi connectivity index (χ3n) is 4.06. The summed E-state index contributed by atoms with van der Waals surface area (Å²) in [4.78, 5) is 23.2. The third kappa shape index (κ3) is 4.30. The number of benzene rings is 2. The third-order valence-corrected chi connectivity index (χ3v) is 4.80. The van der Waals surface area contributed by atoms with Crippen molar-refractivity contribution in [2.24, 2.45) is 0 Å². The lowest BCUT2D eigenvalue weighted by molar-refractivity contribution is -0.385. The number of nitro benzene ring substituents is 1. The Balaban J connectivity index is 2.20. The lowest BCUT2D eigenvalue weighted by atomic mass is 9.84. The number of carbonyl (C=O) groups is 1. The monoisotopic (exact) mass is 380 g/mol. The molecule has 2 aromatic carbocycles. The van der Waals surface area contributed by atoms with Crippen LogP contribution < -0.4 is 5.32 Å². The minimum Gasteiger partial charge on any atom is -0.351 e. The highest BCUT2D eigenvalue weighted by atomic mass is 35.5. The molecule has 0 aliphatic heterocycles. The Morgan fingerprint density at radius 3 is 2.48 bits per heavy atom. The second-order valence-electron chi connectivity index (χ2n) is 6.42. The Bertz CT molecular complexity index is 835. The quantitative estimate of drug-likeness (QED) is 0.590. The van der Waals surface area contributed by atoms with Crippen LogP contribution in [0.15, 0.2) is 36.4 Å². The van der Waals surface area contributed by atoms with Gasteiger partial charge < -0.3 is 5.32 Å². The normalized spacial score (nSPS) is 11.2. The molecule has 0 bridgehead atoms. The van der Waals surface area contributed by atoms with Gasteiger partial charge in [0.2, 0.25) is 0 Å². The molecule has 0 saturated carbocycles. The minimum absolute atomic E-state index is 0.0509. The first-order valence-electron chi connectivity index (χ1n) is 7.61. The number of para-hydroxylation sites is 1. The summed E-state index contributed by atoms with van der Waals surface area (Å²) in [7, 11) is 0. The fraction of sp³-hybridized carbons (Fsp3) is 0.278. The van der Waals surface area contributed by atoms with Gasteiger partial charge in [0.05, 0.1) is 15.0 Å². The van der Waals surface area contributed by atoms with Gasteiger partial charge in [0.1, 0.15) is 5.56 Å². The van der Waals surface area contributed by atoms with E-state index in [1.165, 1.54) is 6.07 Å². The second kappa shape index (κ2) is 7.42. The zero-order valence-corrected chi connectivity index (χ0v) is 15.6. The number of nitrogens with one attached hydrogen (secondary N) is 1. The van der Waals surface area contributed by atoms with E-state index in [1.54, 1.807) is 31.2 Å². The summed E-state index contributed by atoms with van der Waals surface area (Å²) in [5, 5.41) is 14.9. The summed E-state index contributed by atoms with van der Waals surface area (Å²) in [6, 6.07) is 9.98. The lowest BCUT2D eigenvalue weighted by Gasteiger charge is -2.26. The molecular formula is C18H18Cl2N2O3. The van der Waals surface area contributed by atoms with Crippen LogP contribution in [0.1, 0.15) is 35.3 Å². The molecule has 2 aromatic rings. The number of carbonyl (C=O) groups excluding carboxylic acids is 1. The molecule has 0 fully saturated rings. The summed E-state index contributed by atoms with van der Waals surface area (Å²) in [6.07, 6.45) is 0. The van der Waals surface area contributed by atoms with Crippen LogP contribution >= 0.6 is 23.2 Å². The van der Waals surface area contributed by atoms with E-state index in [9.17, 15) is 14.9 Å². The zero-order chi connectivity index (χ0) is 18.8. The van der Waals surface area contributed by atoms with Crippen molar-refractivity contribution < 1.29 is 9.72 Å². The average molecular weight is 381 g/mol. The van der Waals surface area contributed by atoms with Gasteiger partial charge in [-0.1, -0.05) is 55.2 Å². The smallest absolute Gasteiger partial charge is 0.285 e. The Morgan fingerprint density at radius 2 is 1.88 bits per heavy atom. The number of halogens is 2. The molecule has 0 spiro atoms. The van der Waals surface area contributed by atoms with Crippen molar-refractivity contribution >= 4 is 34.8 Å². The second-order valence-corrected chi connectivity index (χ2v) is 7.24. The van der Waals surface area contributed by atoms with E-state index in [0.717, 1.165) is 5.56 Å². The predicted molar refractivity (Wildman–Crippen MR) is 99.7 cm³/mol. The van der Waals surface area contributed by atoms with Crippen LogP contribution in [-0.2, 0) is 5.41 Å². The average Bonchev–Trinajstić information content (AvgIpc) is 2.54. The molecule has 132 valence electrons. The highest BCUT2D eigenvalue weighted by Crippen LogP contribution is 2.30. The predicted octanol–water partition coefficient (Wildman–Crippen LogP) is 4.92. The summed E-state index contributed by atoms with van der Waals surface area (Å²) < 4.78 is 0. The summed E-state index contributed by atoms with van der Waals surface area (Å²) in [6.45, 7) is 5.78. The van der Waals surface area contributed by atoms with Crippen molar-refractivity contribution in [1.29, 1.82) is 0 Å². The Labute approximate surface area is 156 Å². The maximum Gasteiger partial charge on any atom is 0.285 e. The minimum atomic E-state index is -0.533. The molecule has 2 rings (SSSR count). The van der Waals surface area contributed by atoms with Crippen LogP contribution in [0.5, 0.6) is 0 Å². The van der Waals surface area contributed by atoms with E-state index in [1.807, 2.05) is 19.9 Å². The van der Waals surface area contributed by atoms with Crippen LogP contribution in [0.3, 0.4) is 0 Å². The van der Waals surface area contributed by atoms with Crippen molar-refractivity contribution in [3.63, 3.8) is 0 Å². The largest absolute Gasteiger partial charge is 0.351 e. The molecule has 0 aliphatic carbocycles. The van der Waals surface area contributed by atoms with Gasteiger partial charge in [-0.15, -0.1) is 0 Å². The first-order chi connectivity index (χ1) is 11.6. The fourth-order valence-electron chi connectivity index (χ4n) is 2.50. The Kier molecular flexibility index (Phi) is 5.70. The Hall–Kier alpha value is -2.11. The summed E-state index contributed by atoms with van der Waals surface area (Å²) >= 11 is 12.0. The lowest BCUT2D eigenvalue weighted by Crippen LogP contribution is -2.37. The molecular weight excluding hydrogens is 363 g/mol. The first kappa shape index (κ1) is 19.2. The highest BCUT2D eigenvalue weighted by molar-refractivity contribution is 6.42. The number of nitro groups is 1. The molecule has 0 aliphatic rings. The van der Waals surface area contributed by atoms with Crippen molar-refractivity contribution in [1.82, 2.24) is 5.32 Å². The molecule has 1 amide bonds. The topological polar surface area (TPSA) is 72.2 Å². The molecule has 0 radical (unpaired) electrons.